The van der Waals surface area contributed by atoms with Crippen LogP contribution in [0.25, 0.3) is 10.9 Å². The summed E-state index contributed by atoms with van der Waals surface area (Å²) in [5, 5.41) is 17.1. The molecular weight excluding hydrogens is 346 g/mol. The Balaban J connectivity index is 1.87. The normalized spacial score (nSPS) is 17.7. The number of aliphatic imine (C=N–C) groups is 1. The van der Waals surface area contributed by atoms with E-state index in [1.165, 1.54) is 6.07 Å². The van der Waals surface area contributed by atoms with E-state index in [1.54, 1.807) is 13.2 Å². The van der Waals surface area contributed by atoms with E-state index in [0.717, 1.165) is 47.6 Å². The van der Waals surface area contributed by atoms with Crippen LogP contribution in [0.4, 0.5) is 11.4 Å². The first-order valence-corrected chi connectivity index (χ1v) is 8.84. The highest BCUT2D eigenvalue weighted by atomic mass is 16.6. The predicted molar refractivity (Wildman–Crippen MR) is 104 cm³/mol. The third-order valence-corrected chi connectivity index (χ3v) is 4.91. The van der Waals surface area contributed by atoms with E-state index >= 15 is 0 Å². The summed E-state index contributed by atoms with van der Waals surface area (Å²) >= 11 is 0. The van der Waals surface area contributed by atoms with Gasteiger partial charge in [-0.15, -0.1) is 0 Å². The van der Waals surface area contributed by atoms with Crippen LogP contribution in [0, 0.1) is 10.1 Å². The fraction of sp³-hybridized carbons (Fsp3) is 0.368. The number of methoxy groups -OCH3 is 1. The largest absolute Gasteiger partial charge is 0.497 e. The number of allylic oxidation sites excluding steroid dienone is 3. The highest BCUT2D eigenvalue weighted by molar-refractivity contribution is 6.13. The average molecular weight is 367 g/mol. The second-order valence-corrected chi connectivity index (χ2v) is 6.97. The SMILES string of the molecule is COC1=CC2C(=Nc3c([N+](=O)[O-])ccc4c3c2nn4CCCN(C)C)C=C1. The molecule has 1 unspecified atom stereocenters. The van der Waals surface area contributed by atoms with Crippen LogP contribution in [-0.4, -0.2) is 53.1 Å². The molecule has 27 heavy (non-hydrogen) atoms. The minimum atomic E-state index is -0.380. The van der Waals surface area contributed by atoms with Crippen LogP contribution >= 0.6 is 0 Å². The molecule has 0 saturated carbocycles. The van der Waals surface area contributed by atoms with Crippen molar-refractivity contribution in [2.24, 2.45) is 4.99 Å². The molecule has 2 heterocycles. The average Bonchev–Trinajstić information content (AvgIpc) is 3.01. The molecule has 4 rings (SSSR count). The molecule has 8 heteroatoms. The number of rotatable bonds is 6. The van der Waals surface area contributed by atoms with Gasteiger partial charge in [0.2, 0.25) is 0 Å². The lowest BCUT2D eigenvalue weighted by atomic mass is 9.89. The van der Waals surface area contributed by atoms with Crippen molar-refractivity contribution in [2.75, 3.05) is 27.7 Å². The lowest BCUT2D eigenvalue weighted by Crippen LogP contribution is -2.17. The number of hydrogen-bond acceptors (Lipinski definition) is 6. The zero-order chi connectivity index (χ0) is 19.1. The van der Waals surface area contributed by atoms with Gasteiger partial charge in [0.25, 0.3) is 5.69 Å². The first-order valence-electron chi connectivity index (χ1n) is 8.84. The lowest BCUT2D eigenvalue weighted by Gasteiger charge is -2.20. The number of hydrogen-bond donors (Lipinski definition) is 0. The molecule has 2 aliphatic rings. The summed E-state index contributed by atoms with van der Waals surface area (Å²) in [5.74, 6) is 0.584. The monoisotopic (exact) mass is 367 g/mol. The maximum atomic E-state index is 11.5. The lowest BCUT2D eigenvalue weighted by molar-refractivity contribution is -0.383. The van der Waals surface area contributed by atoms with E-state index in [-0.39, 0.29) is 16.5 Å². The molecule has 8 nitrogen and oxygen atoms in total. The number of nitro groups is 1. The molecule has 0 amide bonds. The number of fused-ring (bicyclic) bond motifs is 2. The Bertz CT molecular complexity index is 1020. The second kappa shape index (κ2) is 6.62. The van der Waals surface area contributed by atoms with Crippen molar-refractivity contribution in [3.63, 3.8) is 0 Å². The first-order chi connectivity index (χ1) is 13.0. The van der Waals surface area contributed by atoms with Gasteiger partial charge < -0.3 is 9.64 Å². The number of nitrogens with zero attached hydrogens (tertiary/aromatic N) is 5. The van der Waals surface area contributed by atoms with Crippen LogP contribution in [0.3, 0.4) is 0 Å². The Morgan fingerprint density at radius 1 is 1.33 bits per heavy atom. The smallest absolute Gasteiger partial charge is 0.295 e. The van der Waals surface area contributed by atoms with E-state index in [1.807, 2.05) is 37.0 Å². The fourth-order valence-electron chi connectivity index (χ4n) is 3.62. The number of benzene rings is 1. The highest BCUT2D eigenvalue weighted by Gasteiger charge is 2.33. The van der Waals surface area contributed by atoms with Crippen LogP contribution in [0.1, 0.15) is 18.0 Å². The second-order valence-electron chi connectivity index (χ2n) is 6.97. The van der Waals surface area contributed by atoms with Gasteiger partial charge in [0, 0.05) is 12.6 Å². The Hall–Kier alpha value is -3.00. The summed E-state index contributed by atoms with van der Waals surface area (Å²) < 4.78 is 7.30. The first kappa shape index (κ1) is 17.4. The number of ether oxygens (including phenoxy) is 1. The quantitative estimate of drug-likeness (QED) is 0.578. The van der Waals surface area contributed by atoms with Gasteiger partial charge in [-0.2, -0.15) is 5.10 Å². The maximum absolute atomic E-state index is 11.5. The van der Waals surface area contributed by atoms with Crippen molar-refractivity contribution in [3.8, 4) is 0 Å². The predicted octanol–water partition coefficient (Wildman–Crippen LogP) is 3.17. The Morgan fingerprint density at radius 2 is 2.15 bits per heavy atom. The van der Waals surface area contributed by atoms with E-state index < -0.39 is 0 Å². The molecule has 1 aromatic carbocycles. The summed E-state index contributed by atoms with van der Waals surface area (Å²) in [5.41, 5.74) is 2.85. The Kier molecular flexibility index (Phi) is 4.27. The zero-order valence-corrected chi connectivity index (χ0v) is 15.5. The van der Waals surface area contributed by atoms with Gasteiger partial charge in [-0.25, -0.2) is 4.99 Å². The molecule has 1 aromatic heterocycles. The van der Waals surface area contributed by atoms with Gasteiger partial charge in [-0.3, -0.25) is 14.8 Å². The van der Waals surface area contributed by atoms with Crippen LogP contribution in [-0.2, 0) is 11.3 Å². The molecule has 1 atom stereocenters. The molecular formula is C19H21N5O3. The van der Waals surface area contributed by atoms with E-state index in [2.05, 4.69) is 9.89 Å². The molecule has 140 valence electrons. The molecule has 2 aromatic rings. The summed E-state index contributed by atoms with van der Waals surface area (Å²) in [4.78, 5) is 17.9. The zero-order valence-electron chi connectivity index (χ0n) is 15.5. The molecule has 1 aliphatic carbocycles. The van der Waals surface area contributed by atoms with Gasteiger partial charge >= 0.3 is 0 Å². The summed E-state index contributed by atoms with van der Waals surface area (Å²) in [6.07, 6.45) is 6.57. The van der Waals surface area contributed by atoms with Gasteiger partial charge in [-0.1, -0.05) is 0 Å². The minimum Gasteiger partial charge on any atom is -0.497 e. The Morgan fingerprint density at radius 3 is 2.85 bits per heavy atom. The Labute approximate surface area is 156 Å². The molecule has 0 bridgehead atoms. The van der Waals surface area contributed by atoms with Crippen LogP contribution in [0.15, 0.2) is 41.1 Å². The van der Waals surface area contributed by atoms with Crippen LogP contribution < -0.4 is 0 Å². The van der Waals surface area contributed by atoms with E-state index in [0.29, 0.717) is 5.69 Å². The topological polar surface area (TPSA) is 85.8 Å². The van der Waals surface area contributed by atoms with Crippen molar-refractivity contribution < 1.29 is 9.66 Å². The molecule has 0 spiro atoms. The van der Waals surface area contributed by atoms with Crippen molar-refractivity contribution in [3.05, 3.63) is 51.9 Å². The van der Waals surface area contributed by atoms with Crippen LogP contribution in [0.5, 0.6) is 0 Å². The van der Waals surface area contributed by atoms with E-state index in [4.69, 9.17) is 9.84 Å². The van der Waals surface area contributed by atoms with Gasteiger partial charge in [-0.05, 0) is 51.4 Å². The third kappa shape index (κ3) is 2.91. The summed E-state index contributed by atoms with van der Waals surface area (Å²) in [6.45, 7) is 1.68. The third-order valence-electron chi connectivity index (χ3n) is 4.91. The van der Waals surface area contributed by atoms with Gasteiger partial charge in [0.05, 0.1) is 40.3 Å². The van der Waals surface area contributed by atoms with E-state index in [9.17, 15) is 10.1 Å². The van der Waals surface area contributed by atoms with Crippen molar-refractivity contribution in [1.82, 2.24) is 14.7 Å². The van der Waals surface area contributed by atoms with Crippen LogP contribution in [0.2, 0.25) is 0 Å². The maximum Gasteiger partial charge on any atom is 0.295 e. The molecule has 0 saturated heterocycles. The minimum absolute atomic E-state index is 0.0115. The van der Waals surface area contributed by atoms with Gasteiger partial charge in [0.15, 0.2) is 5.69 Å². The number of aryl methyl sites for hydroxylation is 1. The number of nitro benzene ring substituents is 1. The summed E-state index contributed by atoms with van der Waals surface area (Å²) in [6, 6.07) is 3.31. The molecule has 0 N–H and O–H groups in total. The summed E-state index contributed by atoms with van der Waals surface area (Å²) in [7, 11) is 5.69. The molecule has 0 fully saturated rings. The molecule has 1 aliphatic heterocycles. The van der Waals surface area contributed by atoms with Crippen molar-refractivity contribution >= 4 is 28.0 Å². The van der Waals surface area contributed by atoms with Gasteiger partial charge in [0.1, 0.15) is 5.76 Å². The van der Waals surface area contributed by atoms with Crippen molar-refractivity contribution in [2.45, 2.75) is 18.9 Å². The standard InChI is InChI=1S/C19H21N5O3/c1-22(2)9-4-10-23-15-7-8-16(24(25)26)19-17(15)18(21-23)13-11-12(27-3)5-6-14(13)20-19/h5-8,11,13H,4,9-10H2,1-3H3. The van der Waals surface area contributed by atoms with Crippen molar-refractivity contribution in [1.29, 1.82) is 0 Å². The molecule has 0 radical (unpaired) electrons. The number of aromatic nitrogens is 2. The highest BCUT2D eigenvalue weighted by Crippen LogP contribution is 2.45. The fourth-order valence-corrected chi connectivity index (χ4v) is 3.62.